The van der Waals surface area contributed by atoms with Crippen LogP contribution in [0.2, 0.25) is 0 Å². The Kier molecular flexibility index (Phi) is 6.53. The van der Waals surface area contributed by atoms with Gasteiger partial charge in [-0.25, -0.2) is 4.98 Å². The highest BCUT2D eigenvalue weighted by Crippen LogP contribution is 2.39. The number of fused-ring (bicyclic) bond motifs is 1. The number of nitrogens with zero attached hydrogens (tertiary/aromatic N) is 2. The van der Waals surface area contributed by atoms with Gasteiger partial charge in [0, 0.05) is 5.56 Å². The molecule has 0 bridgehead atoms. The maximum atomic E-state index is 14.3. The summed E-state index contributed by atoms with van der Waals surface area (Å²) in [5.74, 6) is 1.02. The summed E-state index contributed by atoms with van der Waals surface area (Å²) in [7, 11) is 2.82. The molecule has 0 aliphatic carbocycles. The molecule has 0 amide bonds. The first-order valence-electron chi connectivity index (χ1n) is 10.4. The number of aromatic amines is 1. The third-order valence-electron chi connectivity index (χ3n) is 5.26. The number of pyridine rings is 1. The molecule has 4 rings (SSSR count). The zero-order valence-corrected chi connectivity index (χ0v) is 19.7. The molecule has 0 aliphatic rings. The molecule has 0 unspecified atom stereocenters. The molecule has 2 aromatic heterocycles. The fourth-order valence-corrected chi connectivity index (χ4v) is 4.03. The Morgan fingerprint density at radius 1 is 1.06 bits per heavy atom. The van der Waals surface area contributed by atoms with E-state index >= 15 is 0 Å². The van der Waals surface area contributed by atoms with Crippen molar-refractivity contribution >= 4 is 23.3 Å². The van der Waals surface area contributed by atoms with Crippen LogP contribution in [0, 0.1) is 4.77 Å². The minimum absolute atomic E-state index is 0.0804. The molecule has 182 valence electrons. The predicted octanol–water partition coefficient (Wildman–Crippen LogP) is 5.54. The first kappa shape index (κ1) is 24.3. The normalized spacial score (nSPS) is 11.5. The van der Waals surface area contributed by atoms with Crippen LogP contribution < -0.4 is 19.8 Å². The van der Waals surface area contributed by atoms with Crippen molar-refractivity contribution in [1.82, 2.24) is 14.5 Å². The van der Waals surface area contributed by atoms with Crippen LogP contribution in [0.5, 0.6) is 17.2 Å². The molecular formula is C24H20F3N3O4S. The number of ether oxygens (including phenoxy) is 3. The number of methoxy groups -OCH3 is 2. The molecule has 35 heavy (non-hydrogen) atoms. The van der Waals surface area contributed by atoms with Gasteiger partial charge in [-0.1, -0.05) is 12.1 Å². The van der Waals surface area contributed by atoms with Crippen molar-refractivity contribution in [3.63, 3.8) is 0 Å². The van der Waals surface area contributed by atoms with E-state index < -0.39 is 22.7 Å². The fourth-order valence-electron chi connectivity index (χ4n) is 3.75. The highest BCUT2D eigenvalue weighted by molar-refractivity contribution is 7.71. The number of H-pyrrole nitrogens is 1. The molecule has 2 heterocycles. The molecule has 0 aliphatic heterocycles. The number of aromatic nitrogens is 3. The average molecular weight is 504 g/mol. The number of halogens is 3. The Morgan fingerprint density at radius 2 is 1.80 bits per heavy atom. The smallest absolute Gasteiger partial charge is 0.417 e. The highest BCUT2D eigenvalue weighted by Gasteiger charge is 2.36. The van der Waals surface area contributed by atoms with E-state index in [1.165, 1.54) is 24.9 Å². The zero-order chi connectivity index (χ0) is 25.3. The number of rotatable bonds is 6. The fraction of sp³-hybridized carbons (Fsp3) is 0.208. The first-order chi connectivity index (χ1) is 16.7. The summed E-state index contributed by atoms with van der Waals surface area (Å²) in [4.78, 5) is 19.6. The SMILES string of the molecule is CCOc1ccccc1-n1c(=S)[nH]c(=O)c2c(C(F)(F)F)cc(-c3cc(OC)ccc3OC)nc21. The average Bonchev–Trinajstić information content (AvgIpc) is 2.83. The van der Waals surface area contributed by atoms with Gasteiger partial charge in [0.2, 0.25) is 0 Å². The largest absolute Gasteiger partial charge is 0.497 e. The Balaban J connectivity index is 2.20. The van der Waals surface area contributed by atoms with Crippen molar-refractivity contribution in [3.8, 4) is 34.2 Å². The number of hydrogen-bond acceptors (Lipinski definition) is 6. The maximum absolute atomic E-state index is 14.3. The van der Waals surface area contributed by atoms with Gasteiger partial charge in [-0.3, -0.25) is 14.3 Å². The standard InChI is InChI=1S/C24H20F3N3O4S/c1-4-34-19-8-6-5-7-17(19)30-21-20(22(31)29-23(30)35)15(24(25,26)27)12-16(28-21)14-11-13(32-2)9-10-18(14)33-3/h5-12H,4H2,1-3H3,(H,29,31,35). The molecule has 0 saturated heterocycles. The van der Waals surface area contributed by atoms with E-state index in [-0.39, 0.29) is 27.4 Å². The predicted molar refractivity (Wildman–Crippen MR) is 127 cm³/mol. The number of para-hydroxylation sites is 2. The van der Waals surface area contributed by atoms with Crippen LogP contribution >= 0.6 is 12.2 Å². The van der Waals surface area contributed by atoms with Gasteiger partial charge in [0.05, 0.1) is 43.2 Å². The van der Waals surface area contributed by atoms with Gasteiger partial charge in [-0.15, -0.1) is 0 Å². The van der Waals surface area contributed by atoms with Crippen LogP contribution in [0.15, 0.2) is 53.3 Å². The second-order valence-corrected chi connectivity index (χ2v) is 7.70. The Bertz CT molecular complexity index is 1530. The van der Waals surface area contributed by atoms with Crippen LogP contribution in [0.4, 0.5) is 13.2 Å². The summed E-state index contributed by atoms with van der Waals surface area (Å²) >= 11 is 5.36. The minimum atomic E-state index is -4.87. The summed E-state index contributed by atoms with van der Waals surface area (Å²) in [6.07, 6.45) is -4.87. The van der Waals surface area contributed by atoms with E-state index in [0.717, 1.165) is 6.07 Å². The highest BCUT2D eigenvalue weighted by atomic mass is 32.1. The molecule has 4 aromatic rings. The molecular weight excluding hydrogens is 483 g/mol. The number of nitrogens with one attached hydrogen (secondary N) is 1. The monoisotopic (exact) mass is 503 g/mol. The number of benzene rings is 2. The van der Waals surface area contributed by atoms with E-state index in [0.29, 0.717) is 23.8 Å². The van der Waals surface area contributed by atoms with Crippen molar-refractivity contribution in [2.24, 2.45) is 0 Å². The van der Waals surface area contributed by atoms with Crippen LogP contribution in [0.3, 0.4) is 0 Å². The van der Waals surface area contributed by atoms with Crippen molar-refractivity contribution in [1.29, 1.82) is 0 Å². The van der Waals surface area contributed by atoms with Crippen LogP contribution in [-0.2, 0) is 6.18 Å². The minimum Gasteiger partial charge on any atom is -0.497 e. The van der Waals surface area contributed by atoms with Crippen molar-refractivity contribution in [2.75, 3.05) is 20.8 Å². The second kappa shape index (κ2) is 9.41. The van der Waals surface area contributed by atoms with Gasteiger partial charge in [0.15, 0.2) is 10.4 Å². The van der Waals surface area contributed by atoms with Gasteiger partial charge in [-0.2, -0.15) is 13.2 Å². The summed E-state index contributed by atoms with van der Waals surface area (Å²) in [6, 6.07) is 12.2. The molecule has 0 atom stereocenters. The lowest BCUT2D eigenvalue weighted by Gasteiger charge is -2.18. The number of alkyl halides is 3. The van der Waals surface area contributed by atoms with Gasteiger partial charge in [0.1, 0.15) is 17.2 Å². The Labute approximate surface area is 202 Å². The molecule has 0 radical (unpaired) electrons. The topological polar surface area (TPSA) is 78.4 Å². The van der Waals surface area contributed by atoms with E-state index in [1.54, 1.807) is 43.3 Å². The first-order valence-corrected chi connectivity index (χ1v) is 10.8. The van der Waals surface area contributed by atoms with Crippen molar-refractivity contribution in [2.45, 2.75) is 13.1 Å². The molecule has 2 aromatic carbocycles. The lowest BCUT2D eigenvalue weighted by molar-refractivity contribution is -0.136. The summed E-state index contributed by atoms with van der Waals surface area (Å²) in [6.45, 7) is 2.08. The molecule has 0 spiro atoms. The van der Waals surface area contributed by atoms with Gasteiger partial charge in [0.25, 0.3) is 5.56 Å². The molecule has 1 N–H and O–H groups in total. The third-order valence-corrected chi connectivity index (χ3v) is 5.54. The maximum Gasteiger partial charge on any atom is 0.417 e. The zero-order valence-electron chi connectivity index (χ0n) is 18.9. The van der Waals surface area contributed by atoms with E-state index in [1.807, 2.05) is 0 Å². The Hall–Kier alpha value is -3.86. The third kappa shape index (κ3) is 4.46. The summed E-state index contributed by atoms with van der Waals surface area (Å²) in [5.41, 5.74) is -1.95. The Morgan fingerprint density at radius 3 is 2.46 bits per heavy atom. The van der Waals surface area contributed by atoms with Gasteiger partial charge < -0.3 is 14.2 Å². The van der Waals surface area contributed by atoms with Crippen molar-refractivity contribution in [3.05, 3.63) is 69.2 Å². The van der Waals surface area contributed by atoms with E-state index in [4.69, 9.17) is 26.4 Å². The van der Waals surface area contributed by atoms with Gasteiger partial charge in [-0.05, 0) is 55.5 Å². The lowest BCUT2D eigenvalue weighted by Crippen LogP contribution is -2.20. The number of hydrogen-bond donors (Lipinski definition) is 1. The van der Waals surface area contributed by atoms with Crippen molar-refractivity contribution < 1.29 is 27.4 Å². The second-order valence-electron chi connectivity index (χ2n) is 7.31. The van der Waals surface area contributed by atoms with Crippen LogP contribution in [0.25, 0.3) is 28.0 Å². The summed E-state index contributed by atoms with van der Waals surface area (Å²) < 4.78 is 60.2. The molecule has 7 nitrogen and oxygen atoms in total. The van der Waals surface area contributed by atoms with E-state index in [9.17, 15) is 18.0 Å². The molecule has 11 heteroatoms. The van der Waals surface area contributed by atoms with Gasteiger partial charge >= 0.3 is 6.18 Å². The quantitative estimate of drug-likeness (QED) is 0.348. The lowest BCUT2D eigenvalue weighted by atomic mass is 10.0. The van der Waals surface area contributed by atoms with E-state index in [2.05, 4.69) is 9.97 Å². The summed E-state index contributed by atoms with van der Waals surface area (Å²) in [5, 5.41) is -0.650. The van der Waals surface area contributed by atoms with Crippen LogP contribution in [0.1, 0.15) is 12.5 Å². The van der Waals surface area contributed by atoms with Crippen LogP contribution in [-0.4, -0.2) is 35.4 Å². The molecule has 0 fully saturated rings. The molecule has 0 saturated carbocycles.